The van der Waals surface area contributed by atoms with Gasteiger partial charge in [0.05, 0.1) is 5.39 Å². The maximum atomic E-state index is 8.27. The number of hydrogen-bond acceptors (Lipinski definition) is 5. The van der Waals surface area contributed by atoms with Crippen molar-refractivity contribution in [3.63, 3.8) is 0 Å². The lowest BCUT2D eigenvalue weighted by atomic mass is 9.99. The fraction of sp³-hybridized carbons (Fsp3) is 0.500. The summed E-state index contributed by atoms with van der Waals surface area (Å²) < 4.78 is 0. The fourth-order valence-corrected chi connectivity index (χ4v) is 4.06. The van der Waals surface area contributed by atoms with Crippen LogP contribution in [0, 0.1) is 11.3 Å². The number of aromatic nitrogens is 3. The number of likely N-dealkylation sites (tertiary alicyclic amines) is 1. The molecule has 4 rings (SSSR count). The van der Waals surface area contributed by atoms with Gasteiger partial charge in [0.1, 0.15) is 17.8 Å². The SMILES string of the molecule is CC(C)C(=N)c1ccc2c(c1)[nH]c1ncnc(NCCCN3CCCCC3)c12. The van der Waals surface area contributed by atoms with Crippen LogP contribution in [-0.2, 0) is 0 Å². The van der Waals surface area contributed by atoms with Crippen LogP contribution >= 0.6 is 0 Å². The third kappa shape index (κ3) is 3.87. The lowest BCUT2D eigenvalue weighted by molar-refractivity contribution is 0.228. The average molecular weight is 379 g/mol. The minimum Gasteiger partial charge on any atom is -0.369 e. The van der Waals surface area contributed by atoms with Gasteiger partial charge in [-0.3, -0.25) is 0 Å². The summed E-state index contributed by atoms with van der Waals surface area (Å²) in [6, 6.07) is 6.17. The fourth-order valence-electron chi connectivity index (χ4n) is 4.06. The number of benzene rings is 1. The van der Waals surface area contributed by atoms with Gasteiger partial charge in [0.2, 0.25) is 0 Å². The Balaban J connectivity index is 1.52. The molecule has 0 amide bonds. The van der Waals surface area contributed by atoms with E-state index in [9.17, 15) is 0 Å². The molecule has 0 saturated carbocycles. The molecule has 6 heteroatoms. The first-order chi connectivity index (χ1) is 13.6. The van der Waals surface area contributed by atoms with Crippen molar-refractivity contribution in [2.75, 3.05) is 31.5 Å². The summed E-state index contributed by atoms with van der Waals surface area (Å²) in [5, 5.41) is 13.9. The molecule has 0 radical (unpaired) electrons. The first-order valence-electron chi connectivity index (χ1n) is 10.4. The van der Waals surface area contributed by atoms with Gasteiger partial charge in [0.15, 0.2) is 0 Å². The molecule has 0 aliphatic carbocycles. The number of aromatic amines is 1. The minimum absolute atomic E-state index is 0.207. The van der Waals surface area contributed by atoms with E-state index >= 15 is 0 Å². The molecule has 0 spiro atoms. The van der Waals surface area contributed by atoms with Crippen LogP contribution in [0.15, 0.2) is 24.5 Å². The summed E-state index contributed by atoms with van der Waals surface area (Å²) in [5.41, 5.74) is 3.47. The second kappa shape index (κ2) is 8.27. The Kier molecular flexibility index (Phi) is 5.57. The largest absolute Gasteiger partial charge is 0.369 e. The van der Waals surface area contributed by atoms with Crippen LogP contribution in [0.2, 0.25) is 0 Å². The number of anilines is 1. The minimum atomic E-state index is 0.207. The number of nitrogens with one attached hydrogen (secondary N) is 3. The summed E-state index contributed by atoms with van der Waals surface area (Å²) in [7, 11) is 0. The van der Waals surface area contributed by atoms with E-state index in [-0.39, 0.29) is 5.92 Å². The van der Waals surface area contributed by atoms with Crippen molar-refractivity contribution in [3.8, 4) is 0 Å². The molecule has 0 atom stereocenters. The van der Waals surface area contributed by atoms with Gasteiger partial charge in [-0.15, -0.1) is 0 Å². The highest BCUT2D eigenvalue weighted by Crippen LogP contribution is 2.30. The molecule has 3 aromatic rings. The second-order valence-corrected chi connectivity index (χ2v) is 8.08. The third-order valence-electron chi connectivity index (χ3n) is 5.67. The summed E-state index contributed by atoms with van der Waals surface area (Å²) in [6.45, 7) is 8.65. The molecule has 28 heavy (non-hydrogen) atoms. The molecule has 1 fully saturated rings. The third-order valence-corrected chi connectivity index (χ3v) is 5.67. The summed E-state index contributed by atoms with van der Waals surface area (Å²) >= 11 is 0. The summed E-state index contributed by atoms with van der Waals surface area (Å²) in [4.78, 5) is 14.9. The molecule has 1 aliphatic heterocycles. The van der Waals surface area contributed by atoms with Gasteiger partial charge in [-0.2, -0.15) is 0 Å². The summed E-state index contributed by atoms with van der Waals surface area (Å²) in [5.74, 6) is 1.10. The number of nitrogens with zero attached hydrogens (tertiary/aromatic N) is 3. The number of fused-ring (bicyclic) bond motifs is 3. The lowest BCUT2D eigenvalue weighted by Crippen LogP contribution is -2.31. The van der Waals surface area contributed by atoms with E-state index in [1.54, 1.807) is 6.33 Å². The number of rotatable bonds is 7. The number of hydrogen-bond donors (Lipinski definition) is 3. The molecule has 2 aromatic heterocycles. The molecule has 6 nitrogen and oxygen atoms in total. The Labute approximate surface area is 166 Å². The van der Waals surface area contributed by atoms with E-state index in [0.717, 1.165) is 52.8 Å². The highest BCUT2D eigenvalue weighted by Gasteiger charge is 2.14. The highest BCUT2D eigenvalue weighted by molar-refractivity contribution is 6.13. The monoisotopic (exact) mass is 378 g/mol. The van der Waals surface area contributed by atoms with Crippen molar-refractivity contribution in [1.82, 2.24) is 19.9 Å². The van der Waals surface area contributed by atoms with Gasteiger partial charge >= 0.3 is 0 Å². The van der Waals surface area contributed by atoms with Crippen LogP contribution in [0.25, 0.3) is 21.9 Å². The van der Waals surface area contributed by atoms with Gasteiger partial charge in [-0.1, -0.05) is 32.4 Å². The Hall–Kier alpha value is -2.47. The molecule has 1 aromatic carbocycles. The zero-order valence-electron chi connectivity index (χ0n) is 16.9. The number of piperidine rings is 1. The Morgan fingerprint density at radius 2 is 2.04 bits per heavy atom. The Morgan fingerprint density at radius 3 is 2.82 bits per heavy atom. The standard InChI is InChI=1S/C22H30N6/c1-15(2)20(23)16-7-8-17-18(13-16)27-22-19(17)21(25-14-26-22)24-9-6-12-28-10-4-3-5-11-28/h7-8,13-15,23H,3-6,9-12H2,1-2H3,(H2,24,25,26,27). The summed E-state index contributed by atoms with van der Waals surface area (Å²) in [6.07, 6.45) is 6.79. The van der Waals surface area contributed by atoms with Crippen LogP contribution < -0.4 is 5.32 Å². The number of H-pyrrole nitrogens is 1. The molecular formula is C22H30N6. The van der Waals surface area contributed by atoms with Gasteiger partial charge in [-0.05, 0) is 56.4 Å². The Bertz CT molecular complexity index is 968. The van der Waals surface area contributed by atoms with Crippen molar-refractivity contribution < 1.29 is 0 Å². The topological polar surface area (TPSA) is 80.7 Å². The molecule has 3 N–H and O–H groups in total. The van der Waals surface area contributed by atoms with Gasteiger partial charge in [0.25, 0.3) is 0 Å². The highest BCUT2D eigenvalue weighted by atomic mass is 15.1. The Morgan fingerprint density at radius 1 is 1.21 bits per heavy atom. The molecular weight excluding hydrogens is 348 g/mol. The lowest BCUT2D eigenvalue weighted by Gasteiger charge is -2.26. The molecule has 3 heterocycles. The maximum Gasteiger partial charge on any atom is 0.143 e. The van der Waals surface area contributed by atoms with Crippen LogP contribution in [0.3, 0.4) is 0 Å². The van der Waals surface area contributed by atoms with E-state index in [1.165, 1.54) is 32.4 Å². The van der Waals surface area contributed by atoms with Crippen molar-refractivity contribution in [2.45, 2.75) is 39.5 Å². The van der Waals surface area contributed by atoms with E-state index < -0.39 is 0 Å². The maximum absolute atomic E-state index is 8.27. The molecule has 1 saturated heterocycles. The second-order valence-electron chi connectivity index (χ2n) is 8.08. The van der Waals surface area contributed by atoms with Crippen LogP contribution in [0.5, 0.6) is 0 Å². The van der Waals surface area contributed by atoms with Gasteiger partial charge in [0, 0.05) is 23.2 Å². The molecule has 0 bridgehead atoms. The van der Waals surface area contributed by atoms with Crippen LogP contribution in [-0.4, -0.2) is 51.7 Å². The van der Waals surface area contributed by atoms with Crippen molar-refractivity contribution >= 4 is 33.5 Å². The van der Waals surface area contributed by atoms with Crippen LogP contribution in [0.4, 0.5) is 5.82 Å². The zero-order chi connectivity index (χ0) is 19.5. The predicted molar refractivity (Wildman–Crippen MR) is 116 cm³/mol. The molecule has 148 valence electrons. The average Bonchev–Trinajstić information content (AvgIpc) is 3.09. The van der Waals surface area contributed by atoms with E-state index in [2.05, 4.69) is 51.1 Å². The normalized spacial score (nSPS) is 15.5. The molecule has 1 aliphatic rings. The van der Waals surface area contributed by atoms with E-state index in [4.69, 9.17) is 5.41 Å². The van der Waals surface area contributed by atoms with E-state index in [1.807, 2.05) is 6.07 Å². The zero-order valence-corrected chi connectivity index (χ0v) is 16.9. The van der Waals surface area contributed by atoms with Gasteiger partial charge in [-0.25, -0.2) is 9.97 Å². The quantitative estimate of drug-likeness (QED) is 0.420. The first kappa shape index (κ1) is 18.9. The van der Waals surface area contributed by atoms with Crippen molar-refractivity contribution in [1.29, 1.82) is 5.41 Å². The predicted octanol–water partition coefficient (Wildman–Crippen LogP) is 4.42. The van der Waals surface area contributed by atoms with Crippen molar-refractivity contribution in [3.05, 3.63) is 30.1 Å². The smallest absolute Gasteiger partial charge is 0.143 e. The van der Waals surface area contributed by atoms with Crippen LogP contribution in [0.1, 0.15) is 45.1 Å². The van der Waals surface area contributed by atoms with E-state index in [0.29, 0.717) is 5.71 Å². The van der Waals surface area contributed by atoms with Crippen molar-refractivity contribution in [2.24, 2.45) is 5.92 Å². The molecule has 0 unspecified atom stereocenters. The van der Waals surface area contributed by atoms with Gasteiger partial charge < -0.3 is 20.6 Å². The first-order valence-corrected chi connectivity index (χ1v) is 10.4.